The number of nitrogens with zero attached hydrogens (tertiary/aromatic N) is 14. The Hall–Kier alpha value is -10.4. The molecule has 0 aromatic carbocycles. The molecule has 0 amide bonds. The van der Waals surface area contributed by atoms with Gasteiger partial charge in [0.1, 0.15) is 20.1 Å². The number of rotatable bonds is 22. The minimum Gasteiger partial charge on any atom is -0.440 e. The van der Waals surface area contributed by atoms with Crippen molar-refractivity contribution in [2.45, 2.75) is 129 Å². The number of aliphatic hydroxyl groups excluding tert-OH is 1. The Kier molecular flexibility index (Phi) is 21.1. The van der Waals surface area contributed by atoms with Crippen molar-refractivity contribution >= 4 is 124 Å². The number of nitrogens with one attached hydrogen (secondary N) is 8. The molecular weight excluding hydrogens is 1480 g/mol. The lowest BCUT2D eigenvalue weighted by Gasteiger charge is -2.11. The van der Waals surface area contributed by atoms with Crippen LogP contribution in [0.3, 0.4) is 0 Å². The normalized spacial score (nSPS) is 14.3. The Balaban J connectivity index is 0.000000312. The molecule has 0 aliphatic heterocycles. The van der Waals surface area contributed by atoms with E-state index < -0.39 is 30.9 Å². The van der Waals surface area contributed by atoms with Crippen LogP contribution in [-0.4, -0.2) is 109 Å². The van der Waals surface area contributed by atoms with Gasteiger partial charge < -0.3 is 30.8 Å². The fraction of sp³-hybridized carbons (Fsp3) is 0.294. The van der Waals surface area contributed by atoms with Crippen LogP contribution in [0.5, 0.6) is 0 Å². The summed E-state index contributed by atoms with van der Waals surface area (Å²) in [7, 11) is -7.70. The summed E-state index contributed by atoms with van der Waals surface area (Å²) in [6.45, 7) is 7.54. The van der Waals surface area contributed by atoms with E-state index >= 15 is 0 Å². The molecule has 4 aliphatic carbocycles. The number of primary sulfonamides is 2. The summed E-state index contributed by atoms with van der Waals surface area (Å²) in [6.07, 6.45) is 21.7. The van der Waals surface area contributed by atoms with E-state index in [0.29, 0.717) is 110 Å². The average Bonchev–Trinajstić information content (AvgIpc) is 1.70. The van der Waals surface area contributed by atoms with Crippen molar-refractivity contribution in [3.05, 3.63) is 151 Å². The smallest absolute Gasteiger partial charge is 0.271 e. The van der Waals surface area contributed by atoms with Crippen LogP contribution >= 0.6 is 57.2 Å². The molecule has 0 spiro atoms. The highest BCUT2D eigenvalue weighted by atomic mass is 35.5. The van der Waals surface area contributed by atoms with Crippen molar-refractivity contribution in [1.82, 2.24) is 80.7 Å². The Morgan fingerprint density at radius 3 is 1.35 bits per heavy atom. The summed E-state index contributed by atoms with van der Waals surface area (Å²) in [4.78, 5) is 39.3. The number of terminal acetylenes is 1. The van der Waals surface area contributed by atoms with Gasteiger partial charge in [0.25, 0.3) is 10.0 Å². The first kappa shape index (κ1) is 73.0. The third-order valence-corrected chi connectivity index (χ3v) is 23.4. The van der Waals surface area contributed by atoms with Crippen molar-refractivity contribution in [2.75, 3.05) is 27.9 Å². The minimum atomic E-state index is -3.93. The third kappa shape index (κ3) is 18.1. The van der Waals surface area contributed by atoms with Crippen molar-refractivity contribution in [3.63, 3.8) is 0 Å². The van der Waals surface area contributed by atoms with Crippen LogP contribution in [0.4, 0.5) is 46.5 Å². The maximum atomic E-state index is 11.5. The van der Waals surface area contributed by atoms with Crippen LogP contribution in [0.25, 0.3) is 43.7 Å². The molecular formula is C68H84Cl2N24O6S5. The molecule has 12 heterocycles. The molecule has 37 heteroatoms. The number of aliphatic hydroxyl groups is 1. The van der Waals surface area contributed by atoms with E-state index in [1.165, 1.54) is 85.6 Å². The molecule has 105 heavy (non-hydrogen) atoms. The third-order valence-electron chi connectivity index (χ3n) is 16.7. The molecule has 0 bridgehead atoms. The first-order valence-corrected chi connectivity index (χ1v) is 39.0. The minimum absolute atomic E-state index is 0. The molecule has 4 aliphatic rings. The molecule has 30 nitrogen and oxygen atoms in total. The van der Waals surface area contributed by atoms with Gasteiger partial charge in [-0.15, -0.1) is 40.4 Å². The van der Waals surface area contributed by atoms with E-state index in [1.54, 1.807) is 24.7 Å². The molecule has 4 fully saturated rings. The average molecular weight is 1560 g/mol. The van der Waals surface area contributed by atoms with Gasteiger partial charge in [0.05, 0.1) is 55.6 Å². The topological polar surface area (TPSA) is 467 Å². The van der Waals surface area contributed by atoms with E-state index in [-0.39, 0.29) is 45.4 Å². The maximum Gasteiger partial charge on any atom is 0.271 e. The highest BCUT2D eigenvalue weighted by Crippen LogP contribution is 2.44. The van der Waals surface area contributed by atoms with Gasteiger partial charge in [-0.1, -0.05) is 29.1 Å². The standard InChI is InChI=1S/C20H18N6S.C18H17ClN6S.C16H18N6O3S2.C14H13ClN6O3S.9H2/c1-4-12-10-22-19(15-7-8-16(27-15)20(2,3)11-21)24-18(12)23-17-9-14(25-26-17)13-5-6-13;1-18(2,9-20)14-6-5-13(26-14)17-21-8-11(19)16(23-17)22-15-7-12(24-25-15)10-3-4-10;17-27(24,25)14-4-3-12(26-14)16-18-8-10(5-6-23)15(20-16)19-13-7-11(21-22-13)9-1-2-9;15-8-6-17-14(10-3-4-12(24-10)25(16,22)23)19-13(8)18-11-5-9(20-21-11)7-1-2-7;;;;;;;;;/h1,7-10,13H,5-6H2,2-3H3,(H2,22,23,24,25,26);5-8,10H,3-4H2,1-2H3,(H2,21,22,23,24,25);3-4,7-9,23H,1-2,5-6H2,(H2,17,24,25)(H2,18,19,20,21,22);3-7H,1-2H2,(H2,16,22,23)(H2,17,18,19,20,21);9*1H. The first-order valence-electron chi connectivity index (χ1n) is 32.7. The van der Waals surface area contributed by atoms with Crippen LogP contribution in [-0.2, 0) is 37.3 Å². The molecule has 12 aromatic rings. The Morgan fingerprint density at radius 2 is 0.943 bits per heavy atom. The maximum absolute atomic E-state index is 11.5. The molecule has 0 radical (unpaired) electrons. The quantitative estimate of drug-likeness (QED) is 0.0281. The highest BCUT2D eigenvalue weighted by Gasteiger charge is 2.31. The van der Waals surface area contributed by atoms with Crippen LogP contribution in [0.1, 0.15) is 159 Å². The van der Waals surface area contributed by atoms with Gasteiger partial charge in [0, 0.05) is 124 Å². The van der Waals surface area contributed by atoms with Gasteiger partial charge >= 0.3 is 0 Å². The SMILES string of the molecule is C#Cc1cnc(-c2ccc(C(C)(C)C#N)s2)nc1Nc1cc(C2CC2)[nH]n1.CC(C)(C#N)c1ccc(-c2ncc(Cl)c(Nc3cc(C4CC4)[nH]n3)n2)s1.NS(=O)(=O)c1ccc(-c2ncc(CCO)c(Nc3cc(C4CC4)[nH]n3)n2)s1.NS(=O)(=O)c1ccc(-c2ncc(Cl)c(Nc3cc(C4CC4)[nH]n3)n2)o1.[HH].[HH].[HH].[HH].[HH].[HH].[HH].[HH].[HH]. The van der Waals surface area contributed by atoms with Crippen LogP contribution < -0.4 is 31.5 Å². The lowest BCUT2D eigenvalue weighted by atomic mass is 9.94. The van der Waals surface area contributed by atoms with Crippen molar-refractivity contribution in [2.24, 2.45) is 10.3 Å². The van der Waals surface area contributed by atoms with Gasteiger partial charge in [-0.25, -0.2) is 67.0 Å². The number of hydrogen-bond acceptors (Lipinski definition) is 27. The zero-order valence-corrected chi connectivity index (χ0v) is 62.0. The number of thiophene rings is 3. The summed E-state index contributed by atoms with van der Waals surface area (Å²) in [5.41, 5.74) is 4.66. The van der Waals surface area contributed by atoms with Crippen molar-refractivity contribution in [3.8, 4) is 68.2 Å². The summed E-state index contributed by atoms with van der Waals surface area (Å²) >= 11 is 16.4. The second-order valence-electron chi connectivity index (χ2n) is 26.0. The molecule has 16 rings (SSSR count). The fourth-order valence-electron chi connectivity index (χ4n) is 10.2. The fourth-order valence-corrected chi connectivity index (χ4v) is 14.6. The Bertz CT molecular complexity index is 5590. The number of hydrogen-bond donors (Lipinski definition) is 11. The molecule has 13 N–H and O–H groups in total. The number of nitrogens with two attached hydrogens (primary N) is 2. The monoisotopic (exact) mass is 1560 g/mol. The number of H-pyrrole nitrogens is 4. The number of halogens is 2. The van der Waals surface area contributed by atoms with E-state index in [4.69, 9.17) is 44.3 Å². The van der Waals surface area contributed by atoms with E-state index in [9.17, 15) is 32.5 Å². The number of anilines is 8. The van der Waals surface area contributed by atoms with Crippen LogP contribution in [0.15, 0.2) is 111 Å². The number of nitriles is 2. The van der Waals surface area contributed by atoms with E-state index in [1.807, 2.05) is 76.2 Å². The van der Waals surface area contributed by atoms with Gasteiger partial charge in [-0.3, -0.25) is 20.4 Å². The predicted octanol–water partition coefficient (Wildman–Crippen LogP) is 15.7. The van der Waals surface area contributed by atoms with Gasteiger partial charge in [0.15, 0.2) is 69.8 Å². The molecule has 0 saturated heterocycles. The first-order chi connectivity index (χ1) is 50.3. The predicted molar refractivity (Wildman–Crippen MR) is 419 cm³/mol. The van der Waals surface area contributed by atoms with Crippen LogP contribution in [0, 0.1) is 35.0 Å². The van der Waals surface area contributed by atoms with Gasteiger partial charge in [-0.05, 0) is 128 Å². The summed E-state index contributed by atoms with van der Waals surface area (Å²) in [5, 5.41) is 80.1. The molecule has 0 atom stereocenters. The molecule has 556 valence electrons. The zero-order valence-electron chi connectivity index (χ0n) is 56.4. The second kappa shape index (κ2) is 30.4. The van der Waals surface area contributed by atoms with Crippen LogP contribution in [0.2, 0.25) is 10.0 Å². The lowest BCUT2D eigenvalue weighted by molar-refractivity contribution is 0.299. The van der Waals surface area contributed by atoms with Gasteiger partial charge in [-0.2, -0.15) is 30.9 Å². The Labute approximate surface area is 637 Å². The zero-order chi connectivity index (χ0) is 74.0. The summed E-state index contributed by atoms with van der Waals surface area (Å²) < 4.78 is 50.8. The number of aromatic nitrogens is 16. The molecule has 0 unspecified atom stereocenters. The van der Waals surface area contributed by atoms with Crippen molar-refractivity contribution in [1.29, 1.82) is 10.5 Å². The van der Waals surface area contributed by atoms with E-state index in [2.05, 4.69) is 120 Å². The van der Waals surface area contributed by atoms with Gasteiger partial charge in [0.2, 0.25) is 15.1 Å². The number of sulfonamides is 2. The number of furan rings is 1. The van der Waals surface area contributed by atoms with Crippen molar-refractivity contribution < 1.29 is 39.2 Å². The summed E-state index contributed by atoms with van der Waals surface area (Å²) in [6, 6.07) is 26.0. The summed E-state index contributed by atoms with van der Waals surface area (Å²) in [5.74, 6) is 11.2. The molecule has 4 saturated carbocycles. The largest absolute Gasteiger partial charge is 0.440 e. The van der Waals surface area contributed by atoms with E-state index in [0.717, 1.165) is 72.0 Å². The number of aromatic amines is 4. The highest BCUT2D eigenvalue weighted by molar-refractivity contribution is 7.91. The molecule has 12 aromatic heterocycles. The Morgan fingerprint density at radius 1 is 0.552 bits per heavy atom. The lowest BCUT2D eigenvalue weighted by Crippen LogP contribution is -2.10. The second-order valence-corrected chi connectivity index (χ2v) is 33.3.